The van der Waals surface area contributed by atoms with Crippen LogP contribution >= 0.6 is 11.8 Å². The molecule has 0 bridgehead atoms. The molecule has 8 heteroatoms. The predicted octanol–water partition coefficient (Wildman–Crippen LogP) is 3.66. The molecule has 172 valence electrons. The first-order valence-corrected chi connectivity index (χ1v) is 13.2. The molecule has 0 aliphatic carbocycles. The molecule has 0 unspecified atom stereocenters. The second kappa shape index (κ2) is 10.5. The Morgan fingerprint density at radius 3 is 2.21 bits per heavy atom. The van der Waals surface area contributed by atoms with Crippen molar-refractivity contribution in [2.75, 3.05) is 18.9 Å². The third-order valence-electron chi connectivity index (χ3n) is 5.58. The Morgan fingerprint density at radius 2 is 1.58 bits per heavy atom. The van der Waals surface area contributed by atoms with Gasteiger partial charge in [-0.2, -0.15) is 4.31 Å². The summed E-state index contributed by atoms with van der Waals surface area (Å²) in [6, 6.07) is 25.5. The smallest absolute Gasteiger partial charge is 0.249 e. The standard InChI is InChI=1S/C25H26N2O4S2/c28-17-15-23(21-9-5-2-6-10-21)26-24(29)25-27(16-18-32-25)33(30,31)22-13-11-20(12-14-22)19-7-3-1-4-8-19/h1-14,23,25,28H,15-18H2,(H,26,29)/t23-,25-/m0/s1. The highest BCUT2D eigenvalue weighted by molar-refractivity contribution is 8.02. The molecule has 3 aromatic rings. The molecule has 0 radical (unpaired) electrons. The van der Waals surface area contributed by atoms with Crippen LogP contribution in [-0.2, 0) is 14.8 Å². The van der Waals surface area contributed by atoms with Crippen molar-refractivity contribution in [1.29, 1.82) is 0 Å². The summed E-state index contributed by atoms with van der Waals surface area (Å²) in [7, 11) is -3.84. The summed E-state index contributed by atoms with van der Waals surface area (Å²) < 4.78 is 28.0. The zero-order valence-corrected chi connectivity index (χ0v) is 19.6. The summed E-state index contributed by atoms with van der Waals surface area (Å²) in [5.74, 6) is 0.166. The van der Waals surface area contributed by atoms with Crippen LogP contribution in [0.15, 0.2) is 89.8 Å². The van der Waals surface area contributed by atoms with Gasteiger partial charge in [0.25, 0.3) is 0 Å². The van der Waals surface area contributed by atoms with Crippen molar-refractivity contribution in [2.24, 2.45) is 0 Å². The van der Waals surface area contributed by atoms with Gasteiger partial charge in [-0.1, -0.05) is 72.8 Å². The number of nitrogens with zero attached hydrogens (tertiary/aromatic N) is 1. The van der Waals surface area contributed by atoms with Gasteiger partial charge in [0, 0.05) is 18.9 Å². The molecule has 4 rings (SSSR count). The lowest BCUT2D eigenvalue weighted by atomic mass is 10.0. The SMILES string of the molecule is O=C(N[C@@H](CCO)c1ccccc1)[C@@H]1SCCN1S(=O)(=O)c1ccc(-c2ccccc2)cc1. The lowest BCUT2D eigenvalue weighted by Crippen LogP contribution is -2.45. The summed E-state index contributed by atoms with van der Waals surface area (Å²) in [5.41, 5.74) is 2.80. The minimum atomic E-state index is -3.84. The summed E-state index contributed by atoms with van der Waals surface area (Å²) in [4.78, 5) is 13.3. The number of benzene rings is 3. The van der Waals surface area contributed by atoms with E-state index in [1.165, 1.54) is 16.1 Å². The number of nitrogens with one attached hydrogen (secondary N) is 1. The van der Waals surface area contributed by atoms with Crippen LogP contribution < -0.4 is 5.32 Å². The van der Waals surface area contributed by atoms with Crippen molar-refractivity contribution in [3.63, 3.8) is 0 Å². The van der Waals surface area contributed by atoms with Gasteiger partial charge in [-0.15, -0.1) is 11.8 Å². The summed E-state index contributed by atoms with van der Waals surface area (Å²) >= 11 is 1.31. The number of aliphatic hydroxyl groups excluding tert-OH is 1. The Balaban J connectivity index is 1.52. The van der Waals surface area contributed by atoms with Gasteiger partial charge in [0.15, 0.2) is 0 Å². The van der Waals surface area contributed by atoms with E-state index in [1.807, 2.05) is 60.7 Å². The Kier molecular flexibility index (Phi) is 7.49. The Labute approximate surface area is 198 Å². The highest BCUT2D eigenvalue weighted by atomic mass is 32.2. The zero-order chi connectivity index (χ0) is 23.3. The van der Waals surface area contributed by atoms with Gasteiger partial charge in [0.05, 0.1) is 10.9 Å². The van der Waals surface area contributed by atoms with Gasteiger partial charge < -0.3 is 10.4 Å². The van der Waals surface area contributed by atoms with Crippen molar-refractivity contribution in [2.45, 2.75) is 22.7 Å². The van der Waals surface area contributed by atoms with E-state index >= 15 is 0 Å². The van der Waals surface area contributed by atoms with Crippen LogP contribution in [0.1, 0.15) is 18.0 Å². The van der Waals surface area contributed by atoms with Crippen LogP contribution in [-0.4, -0.2) is 48.0 Å². The number of hydrogen-bond donors (Lipinski definition) is 2. The van der Waals surface area contributed by atoms with Crippen molar-refractivity contribution < 1.29 is 18.3 Å². The van der Waals surface area contributed by atoms with Gasteiger partial charge >= 0.3 is 0 Å². The molecule has 1 saturated heterocycles. The molecule has 0 saturated carbocycles. The highest BCUT2D eigenvalue weighted by Crippen LogP contribution is 2.32. The molecule has 1 aliphatic rings. The fourth-order valence-electron chi connectivity index (χ4n) is 3.87. The lowest BCUT2D eigenvalue weighted by molar-refractivity contribution is -0.123. The monoisotopic (exact) mass is 482 g/mol. The largest absolute Gasteiger partial charge is 0.396 e. The van der Waals surface area contributed by atoms with Crippen molar-refractivity contribution in [1.82, 2.24) is 9.62 Å². The topological polar surface area (TPSA) is 86.7 Å². The molecule has 0 aromatic heterocycles. The number of carbonyl (C=O) groups excluding carboxylic acids is 1. The summed E-state index contributed by atoms with van der Waals surface area (Å²) in [6.45, 7) is 0.176. The average Bonchev–Trinajstić information content (AvgIpc) is 3.36. The van der Waals surface area contributed by atoms with E-state index in [9.17, 15) is 18.3 Å². The minimum Gasteiger partial charge on any atom is -0.396 e. The maximum absolute atomic E-state index is 13.4. The van der Waals surface area contributed by atoms with Crippen LogP contribution in [0.5, 0.6) is 0 Å². The van der Waals surface area contributed by atoms with Crippen molar-refractivity contribution >= 4 is 27.7 Å². The van der Waals surface area contributed by atoms with Gasteiger partial charge in [-0.25, -0.2) is 8.42 Å². The first-order valence-electron chi connectivity index (χ1n) is 10.8. The molecule has 3 aromatic carbocycles. The number of aliphatic hydroxyl groups is 1. The number of rotatable bonds is 8. The number of hydrogen-bond acceptors (Lipinski definition) is 5. The molecule has 2 N–H and O–H groups in total. The molecule has 33 heavy (non-hydrogen) atoms. The van der Waals surface area contributed by atoms with Crippen molar-refractivity contribution in [3.8, 4) is 11.1 Å². The van der Waals surface area contributed by atoms with Crippen LogP contribution in [0.25, 0.3) is 11.1 Å². The van der Waals surface area contributed by atoms with E-state index in [-0.39, 0.29) is 30.0 Å². The van der Waals surface area contributed by atoms with Gasteiger partial charge in [0.2, 0.25) is 15.9 Å². The fraction of sp³-hybridized carbons (Fsp3) is 0.240. The quantitative estimate of drug-likeness (QED) is 0.512. The van der Waals surface area contributed by atoms with E-state index in [4.69, 9.17) is 0 Å². The van der Waals surface area contributed by atoms with Crippen LogP contribution in [0.2, 0.25) is 0 Å². The van der Waals surface area contributed by atoms with E-state index in [0.29, 0.717) is 12.2 Å². The third-order valence-corrected chi connectivity index (χ3v) is 8.79. The molecule has 1 heterocycles. The van der Waals surface area contributed by atoms with Gasteiger partial charge in [-0.05, 0) is 35.2 Å². The number of amides is 1. The van der Waals surface area contributed by atoms with E-state index in [0.717, 1.165) is 16.7 Å². The van der Waals surface area contributed by atoms with Crippen LogP contribution in [0.4, 0.5) is 0 Å². The minimum absolute atomic E-state index is 0.0899. The van der Waals surface area contributed by atoms with E-state index in [2.05, 4.69) is 5.32 Å². The third kappa shape index (κ3) is 5.30. The van der Waals surface area contributed by atoms with Crippen LogP contribution in [0, 0.1) is 0 Å². The molecular weight excluding hydrogens is 456 g/mol. The van der Waals surface area contributed by atoms with Gasteiger partial charge in [0.1, 0.15) is 5.37 Å². The maximum atomic E-state index is 13.4. The lowest BCUT2D eigenvalue weighted by Gasteiger charge is -2.25. The Bertz CT molecular complexity index is 1170. The number of carbonyl (C=O) groups is 1. The number of sulfonamides is 1. The van der Waals surface area contributed by atoms with Gasteiger partial charge in [-0.3, -0.25) is 4.79 Å². The Hall–Kier alpha value is -2.65. The first kappa shape index (κ1) is 23.5. The molecular formula is C25H26N2O4S2. The summed E-state index contributed by atoms with van der Waals surface area (Å²) in [5, 5.41) is 11.5. The second-order valence-electron chi connectivity index (χ2n) is 7.71. The Morgan fingerprint density at radius 1 is 0.970 bits per heavy atom. The normalized spacial score (nSPS) is 17.5. The zero-order valence-electron chi connectivity index (χ0n) is 18.0. The second-order valence-corrected chi connectivity index (χ2v) is 10.8. The van der Waals surface area contributed by atoms with E-state index in [1.54, 1.807) is 24.3 Å². The predicted molar refractivity (Wildman–Crippen MR) is 131 cm³/mol. The van der Waals surface area contributed by atoms with E-state index < -0.39 is 15.4 Å². The molecule has 1 amide bonds. The molecule has 2 atom stereocenters. The molecule has 6 nitrogen and oxygen atoms in total. The molecule has 1 fully saturated rings. The molecule has 1 aliphatic heterocycles. The van der Waals surface area contributed by atoms with Crippen LogP contribution in [0.3, 0.4) is 0 Å². The highest BCUT2D eigenvalue weighted by Gasteiger charge is 2.40. The molecule has 0 spiro atoms. The maximum Gasteiger partial charge on any atom is 0.249 e. The number of thioether (sulfide) groups is 1. The van der Waals surface area contributed by atoms with Crippen molar-refractivity contribution in [3.05, 3.63) is 90.5 Å². The fourth-order valence-corrected chi connectivity index (χ4v) is 6.96. The first-order chi connectivity index (χ1) is 16.0. The summed E-state index contributed by atoms with van der Waals surface area (Å²) in [6.07, 6.45) is 0.348. The average molecular weight is 483 g/mol.